The highest BCUT2D eigenvalue weighted by Gasteiger charge is 2.40. The largest absolute Gasteiger partial charge is 0.408 e. The molecule has 2 fully saturated rings. The molecule has 15 heteroatoms. The molecule has 0 bridgehead atoms. The van der Waals surface area contributed by atoms with Crippen LogP contribution in [0.3, 0.4) is 0 Å². The molecule has 11 nitrogen and oxygen atoms in total. The monoisotopic (exact) mass is 584 g/mol. The summed E-state index contributed by atoms with van der Waals surface area (Å²) in [5, 5.41) is 11.9. The number of rotatable bonds is 8. The standard InChI is InChI=1S/C26H27F3N10OS/c1-15(26(27,28)29)39-14-33-36-22(39)24-35-21(9-41-24)34-23(40)17-6-19(37-8-18(32-13-37)16-4-5-16)20(7-31-17)38-11-25(2,12-38)10-30-3/h6-10,13-16H,4-5,11-12H2,1-3H3,(H,34,40)/t15-/m0/s1. The van der Waals surface area contributed by atoms with Crippen LogP contribution >= 0.6 is 11.3 Å². The summed E-state index contributed by atoms with van der Waals surface area (Å²) in [6.07, 6.45) is 6.16. The minimum Gasteiger partial charge on any atom is -0.367 e. The summed E-state index contributed by atoms with van der Waals surface area (Å²) >= 11 is 1.05. The zero-order valence-corrected chi connectivity index (χ0v) is 23.3. The van der Waals surface area contributed by atoms with E-state index in [2.05, 4.69) is 47.3 Å². The normalized spacial score (nSPS) is 17.6. The minimum absolute atomic E-state index is 0.0358. The van der Waals surface area contributed by atoms with Crippen molar-refractivity contribution in [2.75, 3.05) is 30.4 Å². The quantitative estimate of drug-likeness (QED) is 0.297. The van der Waals surface area contributed by atoms with E-state index in [1.54, 1.807) is 25.6 Å². The maximum atomic E-state index is 13.3. The van der Waals surface area contributed by atoms with E-state index in [9.17, 15) is 18.0 Å². The van der Waals surface area contributed by atoms with Crippen LogP contribution in [-0.2, 0) is 0 Å². The number of aliphatic imine (C=N–C) groups is 1. The summed E-state index contributed by atoms with van der Waals surface area (Å²) in [5.41, 5.74) is 2.78. The van der Waals surface area contributed by atoms with E-state index < -0.39 is 18.1 Å². The second-order valence-corrected chi connectivity index (χ2v) is 11.6. The highest BCUT2D eigenvalue weighted by atomic mass is 32.1. The number of aromatic nitrogens is 7. The fourth-order valence-corrected chi connectivity index (χ4v) is 5.65. The van der Waals surface area contributed by atoms with E-state index in [1.165, 1.54) is 5.38 Å². The first-order chi connectivity index (χ1) is 19.5. The zero-order valence-electron chi connectivity index (χ0n) is 22.5. The Balaban J connectivity index is 1.25. The fraction of sp³-hybridized carbons (Fsp3) is 0.423. The maximum absolute atomic E-state index is 13.3. The van der Waals surface area contributed by atoms with Crippen LogP contribution in [0.15, 0.2) is 41.5 Å². The molecule has 0 radical (unpaired) electrons. The van der Waals surface area contributed by atoms with Crippen molar-refractivity contribution in [1.29, 1.82) is 0 Å². The molecule has 1 atom stereocenters. The van der Waals surface area contributed by atoms with Gasteiger partial charge in [-0.2, -0.15) is 13.2 Å². The Morgan fingerprint density at radius 3 is 2.73 bits per heavy atom. The molecule has 1 saturated heterocycles. The first-order valence-electron chi connectivity index (χ1n) is 13.0. The van der Waals surface area contributed by atoms with Crippen molar-refractivity contribution in [3.8, 4) is 16.5 Å². The molecule has 4 aromatic rings. The van der Waals surface area contributed by atoms with Gasteiger partial charge in [-0.25, -0.2) is 15.0 Å². The first kappa shape index (κ1) is 27.1. The SMILES string of the molecule is CN=CC1(C)CN(c2cnc(C(=O)Nc3csc(-c4nncn4[C@@H](C)C(F)(F)F)n3)cc2-n2cnc(C3CC3)c2)C1. The summed E-state index contributed by atoms with van der Waals surface area (Å²) < 4.78 is 42.7. The van der Waals surface area contributed by atoms with Crippen molar-refractivity contribution in [3.63, 3.8) is 0 Å². The zero-order chi connectivity index (χ0) is 28.9. The molecule has 41 heavy (non-hydrogen) atoms. The number of thiazole rings is 1. The average Bonchev–Trinajstić information content (AvgIpc) is 3.29. The second-order valence-electron chi connectivity index (χ2n) is 10.7. The Kier molecular flexibility index (Phi) is 6.63. The Morgan fingerprint density at radius 2 is 2.02 bits per heavy atom. The van der Waals surface area contributed by atoms with Crippen molar-refractivity contribution >= 4 is 35.0 Å². The topological polar surface area (TPSA) is 119 Å². The number of carbonyl (C=O) groups is 1. The summed E-state index contributed by atoms with van der Waals surface area (Å²) in [6, 6.07) is -0.126. The number of alkyl halides is 3. The van der Waals surface area contributed by atoms with Gasteiger partial charge in [-0.05, 0) is 25.8 Å². The highest BCUT2D eigenvalue weighted by Crippen LogP contribution is 2.41. The van der Waals surface area contributed by atoms with Crippen molar-refractivity contribution in [2.24, 2.45) is 10.4 Å². The van der Waals surface area contributed by atoms with Crippen LogP contribution in [0.2, 0.25) is 0 Å². The summed E-state index contributed by atoms with van der Waals surface area (Å²) in [6.45, 7) is 4.67. The number of imidazole rings is 1. The van der Waals surface area contributed by atoms with E-state index in [0.29, 0.717) is 5.92 Å². The summed E-state index contributed by atoms with van der Waals surface area (Å²) in [7, 11) is 1.76. The number of hydrogen-bond donors (Lipinski definition) is 1. The molecule has 1 N–H and O–H groups in total. The third-order valence-electron chi connectivity index (χ3n) is 7.26. The molecule has 1 amide bonds. The lowest BCUT2D eigenvalue weighted by Gasteiger charge is -2.47. The van der Waals surface area contributed by atoms with E-state index in [-0.39, 0.29) is 27.8 Å². The van der Waals surface area contributed by atoms with E-state index >= 15 is 0 Å². The number of nitrogens with zero attached hydrogens (tertiary/aromatic N) is 9. The Bertz CT molecular complexity index is 1610. The van der Waals surface area contributed by atoms with Gasteiger partial charge < -0.3 is 19.8 Å². The minimum atomic E-state index is -4.48. The van der Waals surface area contributed by atoms with Crippen molar-refractivity contribution in [2.45, 2.75) is 44.8 Å². The number of anilines is 2. The van der Waals surface area contributed by atoms with Gasteiger partial charge in [0.2, 0.25) is 0 Å². The Hall–Kier alpha value is -4.14. The molecule has 1 saturated carbocycles. The third kappa shape index (κ3) is 5.33. The highest BCUT2D eigenvalue weighted by molar-refractivity contribution is 7.13. The molecule has 0 unspecified atom stereocenters. The van der Waals surface area contributed by atoms with E-state index in [0.717, 1.165) is 72.2 Å². The van der Waals surface area contributed by atoms with Crippen molar-refractivity contribution < 1.29 is 18.0 Å². The average molecular weight is 585 g/mol. The van der Waals surface area contributed by atoms with Crippen LogP contribution < -0.4 is 10.2 Å². The summed E-state index contributed by atoms with van der Waals surface area (Å²) in [4.78, 5) is 32.9. The molecular weight excluding hydrogens is 557 g/mol. The van der Waals surface area contributed by atoms with Gasteiger partial charge in [0, 0.05) is 49.3 Å². The first-order valence-corrected chi connectivity index (χ1v) is 13.9. The Morgan fingerprint density at radius 1 is 1.24 bits per heavy atom. The number of carbonyl (C=O) groups excluding carboxylic acids is 1. The molecular formula is C26H27F3N10OS. The number of amides is 1. The van der Waals surface area contributed by atoms with Gasteiger partial charge in [-0.1, -0.05) is 6.92 Å². The van der Waals surface area contributed by atoms with Gasteiger partial charge >= 0.3 is 6.18 Å². The van der Waals surface area contributed by atoms with Crippen LogP contribution in [-0.4, -0.2) is 72.7 Å². The number of halogens is 3. The third-order valence-corrected chi connectivity index (χ3v) is 8.10. The maximum Gasteiger partial charge on any atom is 0.408 e. The van der Waals surface area contributed by atoms with Crippen molar-refractivity contribution in [3.05, 3.63) is 47.9 Å². The van der Waals surface area contributed by atoms with Crippen LogP contribution in [0.5, 0.6) is 0 Å². The molecule has 2 aliphatic rings. The molecule has 0 spiro atoms. The van der Waals surface area contributed by atoms with Crippen molar-refractivity contribution in [1.82, 2.24) is 34.3 Å². The van der Waals surface area contributed by atoms with Gasteiger partial charge in [-0.15, -0.1) is 21.5 Å². The van der Waals surface area contributed by atoms with Crippen LogP contribution in [0.1, 0.15) is 54.8 Å². The van der Waals surface area contributed by atoms with E-state index in [1.807, 2.05) is 17.0 Å². The van der Waals surface area contributed by atoms with Crippen LogP contribution in [0.25, 0.3) is 16.5 Å². The molecule has 1 aliphatic carbocycles. The predicted octanol–water partition coefficient (Wildman–Crippen LogP) is 4.76. The second kappa shape index (κ2) is 10.0. The Labute approximate surface area is 237 Å². The molecule has 6 rings (SSSR count). The number of pyridine rings is 1. The van der Waals surface area contributed by atoms with Crippen LogP contribution in [0.4, 0.5) is 24.7 Å². The fourth-order valence-electron chi connectivity index (χ4n) is 4.91. The lowest BCUT2D eigenvalue weighted by molar-refractivity contribution is -0.162. The van der Waals surface area contributed by atoms with Crippen LogP contribution in [0, 0.1) is 5.41 Å². The molecule has 1 aliphatic heterocycles. The molecule has 0 aromatic carbocycles. The summed E-state index contributed by atoms with van der Waals surface area (Å²) in [5.74, 6) is 0.106. The predicted molar refractivity (Wildman–Crippen MR) is 148 cm³/mol. The smallest absolute Gasteiger partial charge is 0.367 e. The number of hydrogen-bond acceptors (Lipinski definition) is 9. The lowest BCUT2D eigenvalue weighted by atomic mass is 9.83. The lowest BCUT2D eigenvalue weighted by Crippen LogP contribution is -2.56. The van der Waals surface area contributed by atoms with Gasteiger partial charge in [-0.3, -0.25) is 9.36 Å². The number of nitrogens with one attached hydrogen (secondary N) is 1. The molecule has 4 aromatic heterocycles. The van der Waals surface area contributed by atoms with Gasteiger partial charge in [0.05, 0.1) is 29.6 Å². The van der Waals surface area contributed by atoms with Gasteiger partial charge in [0.1, 0.15) is 23.9 Å². The molecule has 5 heterocycles. The van der Waals surface area contributed by atoms with Gasteiger partial charge in [0.15, 0.2) is 10.8 Å². The van der Waals surface area contributed by atoms with Gasteiger partial charge in [0.25, 0.3) is 5.91 Å². The molecule has 214 valence electrons. The van der Waals surface area contributed by atoms with E-state index in [4.69, 9.17) is 0 Å².